The van der Waals surface area contributed by atoms with E-state index in [1.165, 1.54) is 0 Å². The highest BCUT2D eigenvalue weighted by atomic mass is 28.2. The molecule has 0 N–H and O–H groups in total. The Balaban J connectivity index is 3.22. The van der Waals surface area contributed by atoms with Gasteiger partial charge in [-0.3, -0.25) is 0 Å². The minimum absolute atomic E-state index is 0.101. The lowest BCUT2D eigenvalue weighted by Crippen LogP contribution is -1.66. The molecule has 30 valence electrons. The zero-order chi connectivity index (χ0) is 4.83. The van der Waals surface area contributed by atoms with Gasteiger partial charge < -0.3 is 0 Å². The van der Waals surface area contributed by atoms with Crippen LogP contribution in [0.25, 0.3) is 0 Å². The van der Waals surface area contributed by atoms with Gasteiger partial charge in [0.2, 0.25) is 0 Å². The molecule has 0 aromatic carbocycles. The van der Waals surface area contributed by atoms with Gasteiger partial charge in [0.25, 0.3) is 0 Å². The first-order chi connectivity index (χ1) is 2.91. The molecule has 0 spiro atoms. The Morgan fingerprint density at radius 3 is 2.50 bits per heavy atom. The van der Waals surface area contributed by atoms with Crippen molar-refractivity contribution in [2.75, 3.05) is 0 Å². The predicted molar refractivity (Wildman–Crippen MR) is 31.0 cm³/mol. The van der Waals surface area contributed by atoms with E-state index in [-0.39, 0.29) is 9.52 Å². The first-order valence-electron chi connectivity index (χ1n) is 1.85. The van der Waals surface area contributed by atoms with Crippen molar-refractivity contribution in [2.24, 2.45) is 0 Å². The maximum Gasteiger partial charge on any atom is 0.105 e. The fourth-order valence-electron chi connectivity index (χ4n) is 0.139. The largest absolute Gasteiger partial charge is 0.126 e. The fraction of sp³-hybridized carbons (Fsp3) is 0.200. The molecule has 0 aromatic rings. The molecule has 0 aliphatic heterocycles. The van der Waals surface area contributed by atoms with Gasteiger partial charge in [-0.2, -0.15) is 0 Å². The standard InChI is InChI=1S/C5H6Si/c1-3-4-5-6-2/h1H,6H2,2H3. The third-order valence-corrected chi connectivity index (χ3v) is 0.868. The summed E-state index contributed by atoms with van der Waals surface area (Å²) in [5, 5.41) is 0. The highest BCUT2D eigenvalue weighted by Crippen LogP contribution is 1.47. The summed E-state index contributed by atoms with van der Waals surface area (Å²) in [7, 11) is -0.101. The highest BCUT2D eigenvalue weighted by molar-refractivity contribution is 6.44. The zero-order valence-electron chi connectivity index (χ0n) is 3.78. The smallest absolute Gasteiger partial charge is 0.105 e. The Bertz CT molecular complexity index is 108. The second-order valence-corrected chi connectivity index (χ2v) is 1.86. The zero-order valence-corrected chi connectivity index (χ0v) is 5.20. The van der Waals surface area contributed by atoms with Gasteiger partial charge in [-0.05, 0) is 11.8 Å². The average molecular weight is 94.2 g/mol. The molecule has 0 bridgehead atoms. The van der Waals surface area contributed by atoms with Gasteiger partial charge in [-0.1, -0.05) is 6.55 Å². The summed E-state index contributed by atoms with van der Waals surface area (Å²) in [4.78, 5) is 0. The molecular weight excluding hydrogens is 88.1 g/mol. The summed E-state index contributed by atoms with van der Waals surface area (Å²) >= 11 is 0. The Morgan fingerprint density at radius 2 is 2.33 bits per heavy atom. The summed E-state index contributed by atoms with van der Waals surface area (Å²) in [5.41, 5.74) is 2.85. The minimum atomic E-state index is -0.101. The molecule has 0 amide bonds. The maximum absolute atomic E-state index is 4.81. The summed E-state index contributed by atoms with van der Waals surface area (Å²) in [6.45, 7) is 2.10. The van der Waals surface area contributed by atoms with Crippen LogP contribution in [0.4, 0.5) is 0 Å². The van der Waals surface area contributed by atoms with E-state index in [4.69, 9.17) is 6.42 Å². The average Bonchev–Trinajstić information content (AvgIpc) is 1.61. The van der Waals surface area contributed by atoms with E-state index in [1.54, 1.807) is 0 Å². The summed E-state index contributed by atoms with van der Waals surface area (Å²) in [6.07, 6.45) is 4.81. The van der Waals surface area contributed by atoms with E-state index in [1.807, 2.05) is 0 Å². The van der Waals surface area contributed by atoms with Crippen molar-refractivity contribution < 1.29 is 0 Å². The van der Waals surface area contributed by atoms with E-state index in [2.05, 4.69) is 23.9 Å². The van der Waals surface area contributed by atoms with Gasteiger partial charge in [0.1, 0.15) is 9.52 Å². The molecule has 0 saturated carbocycles. The SMILES string of the molecule is C#CC#C[SiH2]C. The van der Waals surface area contributed by atoms with E-state index in [0.29, 0.717) is 0 Å². The molecule has 0 heterocycles. The first-order valence-corrected chi connectivity index (χ1v) is 3.97. The Hall–Kier alpha value is -0.663. The molecule has 6 heavy (non-hydrogen) atoms. The van der Waals surface area contributed by atoms with Gasteiger partial charge in [-0.15, -0.1) is 12.0 Å². The number of terminal acetylenes is 1. The fourth-order valence-corrected chi connectivity index (χ4v) is 0.418. The second-order valence-electron chi connectivity index (χ2n) is 0.800. The third-order valence-electron chi connectivity index (χ3n) is 0.337. The lowest BCUT2D eigenvalue weighted by Gasteiger charge is -1.56. The molecule has 0 nitrogen and oxygen atoms in total. The maximum atomic E-state index is 4.81. The van der Waals surface area contributed by atoms with Crippen LogP contribution >= 0.6 is 0 Å². The topological polar surface area (TPSA) is 0 Å². The molecule has 0 aliphatic carbocycles. The summed E-state index contributed by atoms with van der Waals surface area (Å²) in [5.74, 6) is 4.78. The number of hydrogen-bond acceptors (Lipinski definition) is 0. The van der Waals surface area contributed by atoms with Crippen molar-refractivity contribution in [2.45, 2.75) is 6.55 Å². The van der Waals surface area contributed by atoms with E-state index < -0.39 is 0 Å². The third kappa shape index (κ3) is 3.34. The van der Waals surface area contributed by atoms with Crippen LogP contribution in [0.2, 0.25) is 6.55 Å². The molecule has 0 saturated heterocycles. The first kappa shape index (κ1) is 5.34. The molecule has 1 heteroatoms. The van der Waals surface area contributed by atoms with Crippen LogP contribution in [0, 0.1) is 23.8 Å². The van der Waals surface area contributed by atoms with Crippen molar-refractivity contribution >= 4 is 9.52 Å². The van der Waals surface area contributed by atoms with Crippen LogP contribution in [-0.2, 0) is 0 Å². The molecule has 0 rings (SSSR count). The van der Waals surface area contributed by atoms with Gasteiger partial charge in [0.15, 0.2) is 0 Å². The quantitative estimate of drug-likeness (QED) is 0.288. The molecule has 0 unspecified atom stereocenters. The number of hydrogen-bond donors (Lipinski definition) is 0. The van der Waals surface area contributed by atoms with Gasteiger partial charge in [-0.25, -0.2) is 0 Å². The van der Waals surface area contributed by atoms with Crippen LogP contribution in [0.5, 0.6) is 0 Å². The molecule has 0 fully saturated rings. The van der Waals surface area contributed by atoms with Gasteiger partial charge >= 0.3 is 0 Å². The predicted octanol–water partition coefficient (Wildman–Crippen LogP) is -0.203. The van der Waals surface area contributed by atoms with Gasteiger partial charge in [0, 0.05) is 0 Å². The molecular formula is C5H6Si. The van der Waals surface area contributed by atoms with Crippen LogP contribution in [0.15, 0.2) is 0 Å². The van der Waals surface area contributed by atoms with Crippen molar-refractivity contribution in [3.8, 4) is 23.8 Å². The van der Waals surface area contributed by atoms with Crippen molar-refractivity contribution in [1.29, 1.82) is 0 Å². The molecule has 0 aliphatic rings. The van der Waals surface area contributed by atoms with E-state index >= 15 is 0 Å². The Kier molecular flexibility index (Phi) is 3.86. The van der Waals surface area contributed by atoms with Gasteiger partial charge in [0.05, 0.1) is 0 Å². The lowest BCUT2D eigenvalue weighted by molar-refractivity contribution is 2.31. The Labute approximate surface area is 40.8 Å². The monoisotopic (exact) mass is 94.0 g/mol. The Morgan fingerprint density at radius 1 is 1.67 bits per heavy atom. The highest BCUT2D eigenvalue weighted by Gasteiger charge is 1.53. The van der Waals surface area contributed by atoms with E-state index in [9.17, 15) is 0 Å². The van der Waals surface area contributed by atoms with Crippen LogP contribution in [0.3, 0.4) is 0 Å². The van der Waals surface area contributed by atoms with Crippen molar-refractivity contribution in [3.63, 3.8) is 0 Å². The lowest BCUT2D eigenvalue weighted by atomic mass is 10.7. The van der Waals surface area contributed by atoms with Crippen LogP contribution < -0.4 is 0 Å². The van der Waals surface area contributed by atoms with E-state index in [0.717, 1.165) is 0 Å². The molecule has 0 atom stereocenters. The summed E-state index contributed by atoms with van der Waals surface area (Å²) < 4.78 is 0. The minimum Gasteiger partial charge on any atom is -0.126 e. The molecule has 0 radical (unpaired) electrons. The normalized spacial score (nSPS) is 6.67. The summed E-state index contributed by atoms with van der Waals surface area (Å²) in [6, 6.07) is 0. The van der Waals surface area contributed by atoms with Crippen LogP contribution in [-0.4, -0.2) is 9.52 Å². The number of rotatable bonds is 0. The molecule has 0 aromatic heterocycles. The second kappa shape index (κ2) is 4.34. The van der Waals surface area contributed by atoms with Crippen molar-refractivity contribution in [1.82, 2.24) is 0 Å². The van der Waals surface area contributed by atoms with Crippen LogP contribution in [0.1, 0.15) is 0 Å². The van der Waals surface area contributed by atoms with Crippen molar-refractivity contribution in [3.05, 3.63) is 0 Å².